The van der Waals surface area contributed by atoms with Crippen LogP contribution in [0.15, 0.2) is 48.5 Å². The van der Waals surface area contributed by atoms with E-state index in [2.05, 4.69) is 94.0 Å². The number of aromatic amines is 2. The van der Waals surface area contributed by atoms with Crippen LogP contribution in [0, 0.1) is 41.5 Å². The standard InChI is InChI=1S/C36H34N6/c1-19-15-21(3)33(22(4)16-19)35-25-7-11-29(37-25)41-31-13-9-27(39-31)36(34-23(5)17-20(2)18-24(34)6)28-10-14-32(40-28)42-30-12-8-26(35)38-30/h7-9,11-13,15-18H,10,14H2,1-6H3,(H,37,39,41)(H,38,40,42). The summed E-state index contributed by atoms with van der Waals surface area (Å²) in [5.41, 5.74) is 17.4. The van der Waals surface area contributed by atoms with Crippen molar-refractivity contribution in [3.63, 3.8) is 0 Å². The van der Waals surface area contributed by atoms with E-state index in [9.17, 15) is 0 Å². The van der Waals surface area contributed by atoms with E-state index >= 15 is 0 Å². The Labute approximate surface area is 245 Å². The van der Waals surface area contributed by atoms with Gasteiger partial charge in [0.25, 0.3) is 0 Å². The first kappa shape index (κ1) is 26.1. The van der Waals surface area contributed by atoms with Crippen molar-refractivity contribution in [3.05, 3.63) is 105 Å². The number of nitrogens with zero attached hydrogens (tertiary/aromatic N) is 4. The maximum absolute atomic E-state index is 5.11. The van der Waals surface area contributed by atoms with E-state index in [1.165, 1.54) is 44.5 Å². The van der Waals surface area contributed by atoms with E-state index in [1.54, 1.807) is 0 Å². The van der Waals surface area contributed by atoms with Gasteiger partial charge in [-0.3, -0.25) is 0 Å². The topological polar surface area (TPSA) is 83.1 Å². The van der Waals surface area contributed by atoms with Gasteiger partial charge in [-0.25, -0.2) is 19.9 Å². The van der Waals surface area contributed by atoms with Crippen molar-refractivity contribution in [2.75, 3.05) is 0 Å². The second kappa shape index (κ2) is 9.91. The van der Waals surface area contributed by atoms with Crippen LogP contribution in [-0.4, -0.2) is 29.9 Å². The second-order valence-electron chi connectivity index (χ2n) is 11.7. The molecule has 2 aromatic carbocycles. The lowest BCUT2D eigenvalue weighted by Crippen LogP contribution is -1.95. The van der Waals surface area contributed by atoms with Gasteiger partial charge in [0.2, 0.25) is 0 Å². The summed E-state index contributed by atoms with van der Waals surface area (Å²) >= 11 is 0. The van der Waals surface area contributed by atoms with Crippen LogP contribution in [0.4, 0.5) is 0 Å². The van der Waals surface area contributed by atoms with Crippen LogP contribution >= 0.6 is 0 Å². The van der Waals surface area contributed by atoms with E-state index < -0.39 is 0 Å². The van der Waals surface area contributed by atoms with Crippen LogP contribution in [0.1, 0.15) is 56.4 Å². The summed E-state index contributed by atoms with van der Waals surface area (Å²) < 4.78 is 0. The molecule has 5 aromatic rings. The second-order valence-corrected chi connectivity index (χ2v) is 11.7. The van der Waals surface area contributed by atoms with Crippen molar-refractivity contribution < 1.29 is 0 Å². The third-order valence-electron chi connectivity index (χ3n) is 8.24. The van der Waals surface area contributed by atoms with E-state index in [4.69, 9.17) is 19.9 Å². The van der Waals surface area contributed by atoms with E-state index in [0.717, 1.165) is 63.5 Å². The van der Waals surface area contributed by atoms with Gasteiger partial charge in [-0.1, -0.05) is 35.4 Å². The predicted molar refractivity (Wildman–Crippen MR) is 172 cm³/mol. The molecule has 0 aliphatic carbocycles. The number of nitrogens with one attached hydrogen (secondary N) is 2. The SMILES string of the molecule is Cc1cc(C)c(-c2c3nc(nc4ccc([nH]4)c(-c4c(C)cc(C)cc4C)c4nc(nc5ccc2[nH]5)CC4)C=C3)c(C)c1. The average molecular weight is 551 g/mol. The average Bonchev–Trinajstić information content (AvgIpc) is 3.73. The largest absolute Gasteiger partial charge is 0.340 e. The molecule has 2 aliphatic rings. The summed E-state index contributed by atoms with van der Waals surface area (Å²) in [6, 6.07) is 17.2. The van der Waals surface area contributed by atoms with Gasteiger partial charge in [-0.15, -0.1) is 0 Å². The normalized spacial score (nSPS) is 12.7. The lowest BCUT2D eigenvalue weighted by Gasteiger charge is -2.13. The molecule has 5 heterocycles. The third-order valence-corrected chi connectivity index (χ3v) is 8.24. The van der Waals surface area contributed by atoms with Crippen LogP contribution in [0.3, 0.4) is 0 Å². The van der Waals surface area contributed by atoms with Gasteiger partial charge in [0.1, 0.15) is 17.1 Å². The fourth-order valence-electron chi connectivity index (χ4n) is 6.75. The summed E-state index contributed by atoms with van der Waals surface area (Å²) in [4.78, 5) is 27.2. The number of hydrogen-bond acceptors (Lipinski definition) is 4. The molecular formula is C36H34N6. The molecule has 2 aliphatic heterocycles. The Balaban J connectivity index is 1.58. The molecule has 0 radical (unpaired) electrons. The number of hydrogen-bond donors (Lipinski definition) is 2. The van der Waals surface area contributed by atoms with Crippen LogP contribution in [0.2, 0.25) is 0 Å². The van der Waals surface area contributed by atoms with Crippen molar-refractivity contribution in [1.29, 1.82) is 0 Å². The molecule has 0 amide bonds. The monoisotopic (exact) mass is 550 g/mol. The molecule has 0 unspecified atom stereocenters. The lowest BCUT2D eigenvalue weighted by molar-refractivity contribution is 0.978. The van der Waals surface area contributed by atoms with Crippen molar-refractivity contribution in [2.45, 2.75) is 54.4 Å². The van der Waals surface area contributed by atoms with Gasteiger partial charge in [0, 0.05) is 28.6 Å². The molecule has 2 N–H and O–H groups in total. The highest BCUT2D eigenvalue weighted by molar-refractivity contribution is 5.92. The van der Waals surface area contributed by atoms with Gasteiger partial charge in [0.15, 0.2) is 5.82 Å². The Kier molecular flexibility index (Phi) is 6.15. The quantitative estimate of drug-likeness (QED) is 0.227. The molecular weight excluding hydrogens is 516 g/mol. The summed E-state index contributed by atoms with van der Waals surface area (Å²) in [7, 11) is 0. The van der Waals surface area contributed by atoms with Gasteiger partial charge in [-0.2, -0.15) is 0 Å². The molecule has 6 heteroatoms. The fourth-order valence-corrected chi connectivity index (χ4v) is 6.75. The van der Waals surface area contributed by atoms with Gasteiger partial charge in [0.05, 0.1) is 11.4 Å². The maximum atomic E-state index is 5.11. The van der Waals surface area contributed by atoms with Crippen LogP contribution in [0.25, 0.3) is 56.7 Å². The smallest absolute Gasteiger partial charge is 0.155 e. The molecule has 7 rings (SSSR count). The highest BCUT2D eigenvalue weighted by Crippen LogP contribution is 2.36. The zero-order valence-electron chi connectivity index (χ0n) is 25.0. The number of aromatic nitrogens is 6. The minimum Gasteiger partial charge on any atom is -0.340 e. The first-order valence-electron chi connectivity index (χ1n) is 14.5. The number of benzene rings is 2. The summed E-state index contributed by atoms with van der Waals surface area (Å²) in [6.07, 6.45) is 5.66. The summed E-state index contributed by atoms with van der Waals surface area (Å²) in [5.74, 6) is 1.50. The van der Waals surface area contributed by atoms with Crippen molar-refractivity contribution >= 4 is 34.5 Å². The Hall–Kier alpha value is -4.84. The first-order valence-corrected chi connectivity index (χ1v) is 14.5. The van der Waals surface area contributed by atoms with Crippen molar-refractivity contribution in [1.82, 2.24) is 29.9 Å². The molecule has 3 aromatic heterocycles. The van der Waals surface area contributed by atoms with E-state index in [-0.39, 0.29) is 0 Å². The number of fused-ring (bicyclic) bond motifs is 8. The summed E-state index contributed by atoms with van der Waals surface area (Å²) in [6.45, 7) is 13.0. The lowest BCUT2D eigenvalue weighted by atomic mass is 9.92. The van der Waals surface area contributed by atoms with E-state index in [1.807, 2.05) is 18.2 Å². The first-order chi connectivity index (χ1) is 20.2. The minimum absolute atomic E-state index is 0.667. The Morgan fingerprint density at radius 2 is 1.07 bits per heavy atom. The van der Waals surface area contributed by atoms with Gasteiger partial charge >= 0.3 is 0 Å². The number of aryl methyl sites for hydroxylation is 8. The molecule has 0 saturated heterocycles. The molecule has 6 nitrogen and oxygen atoms in total. The Morgan fingerprint density at radius 3 is 1.69 bits per heavy atom. The predicted octanol–water partition coefficient (Wildman–Crippen LogP) is 8.24. The zero-order chi connectivity index (χ0) is 29.1. The molecule has 8 bridgehead atoms. The molecule has 42 heavy (non-hydrogen) atoms. The number of rotatable bonds is 2. The van der Waals surface area contributed by atoms with Crippen molar-refractivity contribution in [3.8, 4) is 22.3 Å². The van der Waals surface area contributed by atoms with E-state index in [0.29, 0.717) is 5.82 Å². The van der Waals surface area contributed by atoms with Crippen LogP contribution in [0.5, 0.6) is 0 Å². The summed E-state index contributed by atoms with van der Waals surface area (Å²) in [5, 5.41) is 0. The molecule has 0 fully saturated rings. The van der Waals surface area contributed by atoms with Crippen molar-refractivity contribution in [2.24, 2.45) is 0 Å². The van der Waals surface area contributed by atoms with Crippen LogP contribution in [-0.2, 0) is 12.8 Å². The van der Waals surface area contributed by atoms with Gasteiger partial charge < -0.3 is 9.97 Å². The fraction of sp³-hybridized carbons (Fsp3) is 0.222. The minimum atomic E-state index is 0.667. The van der Waals surface area contributed by atoms with Gasteiger partial charge in [-0.05, 0) is 118 Å². The third kappa shape index (κ3) is 4.53. The molecule has 208 valence electrons. The highest BCUT2D eigenvalue weighted by atomic mass is 15.0. The molecule has 0 atom stereocenters. The maximum Gasteiger partial charge on any atom is 0.155 e. The highest BCUT2D eigenvalue weighted by Gasteiger charge is 2.20. The molecule has 0 spiro atoms. The zero-order valence-corrected chi connectivity index (χ0v) is 25.0. The van der Waals surface area contributed by atoms with Crippen LogP contribution < -0.4 is 0 Å². The Morgan fingerprint density at radius 1 is 0.524 bits per heavy atom. The Bertz CT molecular complexity index is 2060. The number of H-pyrrole nitrogens is 2. The molecule has 0 saturated carbocycles.